The van der Waals surface area contributed by atoms with Gasteiger partial charge in [-0.1, -0.05) is 17.7 Å². The first-order valence-corrected chi connectivity index (χ1v) is 6.84. The van der Waals surface area contributed by atoms with Crippen LogP contribution < -0.4 is 10.1 Å². The Bertz CT molecular complexity index is 411. The summed E-state index contributed by atoms with van der Waals surface area (Å²) in [5, 5.41) is 3.22. The number of hydrogen-bond acceptors (Lipinski definition) is 3. The number of carbonyl (C=O) groups is 1. The SMILES string of the molecule is Cc1ccc(OCCN(C)C(=O)[C@@H]2CCCN2)cc1. The predicted octanol–water partition coefficient (Wildman–Crippen LogP) is 1.58. The van der Waals surface area contributed by atoms with Crippen LogP contribution in [0.4, 0.5) is 0 Å². The maximum Gasteiger partial charge on any atom is 0.239 e. The first kappa shape index (κ1) is 13.9. The highest BCUT2D eigenvalue weighted by Crippen LogP contribution is 2.11. The molecule has 2 rings (SSSR count). The molecule has 0 saturated carbocycles. The normalized spacial score (nSPS) is 18.3. The van der Waals surface area contributed by atoms with Crippen LogP contribution in [0.15, 0.2) is 24.3 Å². The van der Waals surface area contributed by atoms with Gasteiger partial charge in [-0.15, -0.1) is 0 Å². The zero-order valence-corrected chi connectivity index (χ0v) is 11.7. The van der Waals surface area contributed by atoms with E-state index < -0.39 is 0 Å². The summed E-state index contributed by atoms with van der Waals surface area (Å²) in [5.41, 5.74) is 1.21. The average molecular weight is 262 g/mol. The molecule has 0 radical (unpaired) electrons. The van der Waals surface area contributed by atoms with Crippen LogP contribution in [0.5, 0.6) is 5.75 Å². The molecule has 0 spiro atoms. The first-order valence-electron chi connectivity index (χ1n) is 6.84. The summed E-state index contributed by atoms with van der Waals surface area (Å²) in [6.07, 6.45) is 2.03. The van der Waals surface area contributed by atoms with Crippen molar-refractivity contribution in [3.63, 3.8) is 0 Å². The lowest BCUT2D eigenvalue weighted by Crippen LogP contribution is -2.43. The number of carbonyl (C=O) groups excluding carboxylic acids is 1. The summed E-state index contributed by atoms with van der Waals surface area (Å²) in [5.74, 6) is 1.02. The van der Waals surface area contributed by atoms with Gasteiger partial charge >= 0.3 is 0 Å². The van der Waals surface area contributed by atoms with E-state index >= 15 is 0 Å². The first-order chi connectivity index (χ1) is 9.16. The molecule has 1 aromatic carbocycles. The fourth-order valence-electron chi connectivity index (χ4n) is 2.21. The summed E-state index contributed by atoms with van der Waals surface area (Å²) in [6.45, 7) is 4.14. The van der Waals surface area contributed by atoms with E-state index in [0.717, 1.165) is 25.1 Å². The molecule has 1 N–H and O–H groups in total. The Morgan fingerprint density at radius 1 is 1.42 bits per heavy atom. The summed E-state index contributed by atoms with van der Waals surface area (Å²) in [4.78, 5) is 13.8. The van der Waals surface area contributed by atoms with E-state index in [0.29, 0.717) is 13.2 Å². The van der Waals surface area contributed by atoms with Crippen LogP contribution in [0.25, 0.3) is 0 Å². The summed E-state index contributed by atoms with van der Waals surface area (Å²) in [6, 6.07) is 7.95. The molecule has 104 valence electrons. The molecule has 0 bridgehead atoms. The van der Waals surface area contributed by atoms with E-state index in [2.05, 4.69) is 5.32 Å². The maximum atomic E-state index is 12.0. The van der Waals surface area contributed by atoms with Crippen molar-refractivity contribution in [3.8, 4) is 5.75 Å². The second kappa shape index (κ2) is 6.57. The number of nitrogens with one attached hydrogen (secondary N) is 1. The Balaban J connectivity index is 1.72. The summed E-state index contributed by atoms with van der Waals surface area (Å²) < 4.78 is 5.63. The minimum atomic E-state index is 0.00405. The minimum absolute atomic E-state index is 0.00405. The van der Waals surface area contributed by atoms with Gasteiger partial charge in [0.15, 0.2) is 0 Å². The fourth-order valence-corrected chi connectivity index (χ4v) is 2.21. The van der Waals surface area contributed by atoms with E-state index in [4.69, 9.17) is 4.74 Å². The quantitative estimate of drug-likeness (QED) is 0.876. The molecule has 1 amide bonds. The number of rotatable bonds is 5. The van der Waals surface area contributed by atoms with Crippen molar-refractivity contribution in [1.29, 1.82) is 0 Å². The van der Waals surface area contributed by atoms with Crippen molar-refractivity contribution in [2.75, 3.05) is 26.7 Å². The third-order valence-corrected chi connectivity index (χ3v) is 3.45. The molecule has 0 unspecified atom stereocenters. The second-order valence-electron chi connectivity index (χ2n) is 5.07. The molecular formula is C15H22N2O2. The Morgan fingerprint density at radius 2 is 2.16 bits per heavy atom. The molecule has 1 heterocycles. The van der Waals surface area contributed by atoms with Gasteiger partial charge in [0, 0.05) is 7.05 Å². The van der Waals surface area contributed by atoms with Gasteiger partial charge in [-0.3, -0.25) is 4.79 Å². The summed E-state index contributed by atoms with van der Waals surface area (Å²) >= 11 is 0. The van der Waals surface area contributed by atoms with Crippen LogP contribution in [-0.2, 0) is 4.79 Å². The molecule has 0 aromatic heterocycles. The van der Waals surface area contributed by atoms with Crippen LogP contribution in [0.1, 0.15) is 18.4 Å². The highest BCUT2D eigenvalue weighted by molar-refractivity contribution is 5.81. The Hall–Kier alpha value is -1.55. The number of benzene rings is 1. The van der Waals surface area contributed by atoms with Crippen molar-refractivity contribution in [1.82, 2.24) is 10.2 Å². The molecule has 4 heteroatoms. The Kier molecular flexibility index (Phi) is 4.80. The molecule has 1 aliphatic heterocycles. The Labute approximate surface area is 114 Å². The standard InChI is InChI=1S/C15H22N2O2/c1-12-5-7-13(8-6-12)19-11-10-17(2)15(18)14-4-3-9-16-14/h5-8,14,16H,3-4,9-11H2,1-2H3/t14-/m0/s1. The smallest absolute Gasteiger partial charge is 0.239 e. The van der Waals surface area contributed by atoms with Crippen molar-refractivity contribution in [2.45, 2.75) is 25.8 Å². The number of aryl methyl sites for hydroxylation is 1. The van der Waals surface area contributed by atoms with Crippen LogP contribution in [0, 0.1) is 6.92 Å². The number of likely N-dealkylation sites (N-methyl/N-ethyl adjacent to an activating group) is 1. The molecule has 1 atom stereocenters. The largest absolute Gasteiger partial charge is 0.492 e. The number of hydrogen-bond donors (Lipinski definition) is 1. The lowest BCUT2D eigenvalue weighted by molar-refractivity contribution is -0.132. The maximum absolute atomic E-state index is 12.0. The van der Waals surface area contributed by atoms with E-state index in [1.807, 2.05) is 38.2 Å². The highest BCUT2D eigenvalue weighted by Gasteiger charge is 2.24. The molecule has 19 heavy (non-hydrogen) atoms. The number of ether oxygens (including phenoxy) is 1. The summed E-state index contributed by atoms with van der Waals surface area (Å²) in [7, 11) is 1.83. The topological polar surface area (TPSA) is 41.6 Å². The molecule has 1 aromatic rings. The fraction of sp³-hybridized carbons (Fsp3) is 0.533. The number of nitrogens with zero attached hydrogens (tertiary/aromatic N) is 1. The highest BCUT2D eigenvalue weighted by atomic mass is 16.5. The third kappa shape index (κ3) is 3.96. The van der Waals surface area contributed by atoms with Gasteiger partial charge in [-0.05, 0) is 38.4 Å². The Morgan fingerprint density at radius 3 is 2.79 bits per heavy atom. The van der Waals surface area contributed by atoms with Gasteiger partial charge in [0.1, 0.15) is 12.4 Å². The lowest BCUT2D eigenvalue weighted by atomic mass is 10.2. The van der Waals surface area contributed by atoms with E-state index in [1.165, 1.54) is 5.56 Å². The van der Waals surface area contributed by atoms with Gasteiger partial charge in [0.25, 0.3) is 0 Å². The second-order valence-corrected chi connectivity index (χ2v) is 5.07. The van der Waals surface area contributed by atoms with Gasteiger partial charge in [-0.2, -0.15) is 0 Å². The monoisotopic (exact) mass is 262 g/mol. The zero-order chi connectivity index (χ0) is 13.7. The number of amides is 1. The molecule has 1 aliphatic rings. The predicted molar refractivity (Wildman–Crippen MR) is 75.3 cm³/mol. The molecule has 0 aliphatic carbocycles. The van der Waals surface area contributed by atoms with Crippen molar-refractivity contribution < 1.29 is 9.53 Å². The van der Waals surface area contributed by atoms with Crippen molar-refractivity contribution in [2.24, 2.45) is 0 Å². The van der Waals surface area contributed by atoms with Gasteiger partial charge in [0.05, 0.1) is 12.6 Å². The molecule has 1 fully saturated rings. The minimum Gasteiger partial charge on any atom is -0.492 e. The van der Waals surface area contributed by atoms with Crippen molar-refractivity contribution >= 4 is 5.91 Å². The van der Waals surface area contributed by atoms with E-state index in [9.17, 15) is 4.79 Å². The van der Waals surface area contributed by atoms with Gasteiger partial charge < -0.3 is 15.0 Å². The van der Waals surface area contributed by atoms with Crippen LogP contribution in [-0.4, -0.2) is 43.6 Å². The zero-order valence-electron chi connectivity index (χ0n) is 11.7. The van der Waals surface area contributed by atoms with Gasteiger partial charge in [-0.25, -0.2) is 0 Å². The van der Waals surface area contributed by atoms with E-state index in [1.54, 1.807) is 4.90 Å². The molecule has 4 nitrogen and oxygen atoms in total. The van der Waals surface area contributed by atoms with Crippen LogP contribution in [0.3, 0.4) is 0 Å². The third-order valence-electron chi connectivity index (χ3n) is 3.45. The van der Waals surface area contributed by atoms with Crippen LogP contribution in [0.2, 0.25) is 0 Å². The molecular weight excluding hydrogens is 240 g/mol. The lowest BCUT2D eigenvalue weighted by Gasteiger charge is -2.21. The van der Waals surface area contributed by atoms with Gasteiger partial charge in [0.2, 0.25) is 5.91 Å². The van der Waals surface area contributed by atoms with E-state index in [-0.39, 0.29) is 11.9 Å². The van der Waals surface area contributed by atoms with Crippen molar-refractivity contribution in [3.05, 3.63) is 29.8 Å². The molecule has 1 saturated heterocycles. The average Bonchev–Trinajstić information content (AvgIpc) is 2.94. The van der Waals surface area contributed by atoms with Crippen LogP contribution >= 0.6 is 0 Å².